The average molecular weight is 647 g/mol. The Hall–Kier alpha value is -4.71. The molecule has 15 nitrogen and oxygen atoms in total. The van der Waals surface area contributed by atoms with Crippen LogP contribution in [0.4, 0.5) is 5.69 Å². The second kappa shape index (κ2) is 12.9. The van der Waals surface area contributed by atoms with E-state index in [0.29, 0.717) is 5.69 Å². The van der Waals surface area contributed by atoms with Gasteiger partial charge >= 0.3 is 11.9 Å². The summed E-state index contributed by atoms with van der Waals surface area (Å²) in [7, 11) is -8.89. The van der Waals surface area contributed by atoms with Gasteiger partial charge in [0.15, 0.2) is 11.4 Å². The molecule has 0 bridgehead atoms. The molecule has 44 heavy (non-hydrogen) atoms. The number of hydrogen-bond acceptors (Lipinski definition) is 11. The molecular formula is C27H26N4O11S2. The number of hydrogen-bond donors (Lipinski definition) is 2. The molecular weight excluding hydrogens is 620 g/mol. The van der Waals surface area contributed by atoms with Crippen LogP contribution in [0.5, 0.6) is 0 Å². The molecule has 0 saturated carbocycles. The number of anilines is 1. The lowest BCUT2D eigenvalue weighted by Crippen LogP contribution is -2.30. The average Bonchev–Trinajstić information content (AvgIpc) is 3.54. The van der Waals surface area contributed by atoms with Gasteiger partial charge in [0.1, 0.15) is 0 Å². The van der Waals surface area contributed by atoms with Gasteiger partial charge in [-0.3, -0.25) is 13.9 Å². The molecule has 2 heterocycles. The number of carbonyl (C=O) groups is 3. The van der Waals surface area contributed by atoms with Crippen molar-refractivity contribution in [2.75, 3.05) is 18.2 Å². The number of esters is 2. The number of hydrazone groups is 1. The highest BCUT2D eigenvalue weighted by Crippen LogP contribution is 2.28. The molecule has 1 atom stereocenters. The standard InChI is InChI=1S/C27H26N4O11S2/c1-3-41-26(33)23-17(16-30(28-23)18-8-12-20(13-9-18)43(35,36)37)6-5-7-22-24(27(34)42-4-2)29-31(25(22)32)19-10-14-21(15-11-19)44(38,39)40/h5-6,8-16,22H,3-4,7H2,1-2H3,(H,35,36,37)(H,38,39,40). The van der Waals surface area contributed by atoms with Crippen molar-refractivity contribution in [1.82, 2.24) is 9.78 Å². The Morgan fingerprint density at radius 3 is 1.91 bits per heavy atom. The predicted octanol–water partition coefficient (Wildman–Crippen LogP) is 2.53. The summed E-state index contributed by atoms with van der Waals surface area (Å²) in [4.78, 5) is 37.9. The molecule has 0 aliphatic carbocycles. The highest BCUT2D eigenvalue weighted by atomic mass is 32.2. The molecule has 0 radical (unpaired) electrons. The lowest BCUT2D eigenvalue weighted by molar-refractivity contribution is -0.135. The maximum Gasteiger partial charge on any atom is 0.359 e. The molecule has 0 spiro atoms. The zero-order valence-electron chi connectivity index (χ0n) is 23.2. The van der Waals surface area contributed by atoms with Gasteiger partial charge in [-0.25, -0.2) is 14.3 Å². The van der Waals surface area contributed by atoms with Gasteiger partial charge in [0.25, 0.3) is 26.1 Å². The van der Waals surface area contributed by atoms with Crippen molar-refractivity contribution in [2.24, 2.45) is 11.0 Å². The highest BCUT2D eigenvalue weighted by Gasteiger charge is 2.40. The first-order chi connectivity index (χ1) is 20.7. The first-order valence-corrected chi connectivity index (χ1v) is 15.8. The first kappa shape index (κ1) is 32.2. The second-order valence-electron chi connectivity index (χ2n) is 9.08. The minimum Gasteiger partial charge on any atom is -0.461 e. The van der Waals surface area contributed by atoms with Gasteiger partial charge in [-0.15, -0.1) is 0 Å². The van der Waals surface area contributed by atoms with Crippen molar-refractivity contribution in [3.05, 3.63) is 72.1 Å². The number of rotatable bonds is 11. The van der Waals surface area contributed by atoms with Gasteiger partial charge in [-0.05, 0) is 68.8 Å². The minimum atomic E-state index is -4.47. The number of ether oxygens (including phenoxy) is 2. The zero-order valence-corrected chi connectivity index (χ0v) is 24.9. The number of nitrogens with zero attached hydrogens (tertiary/aromatic N) is 4. The highest BCUT2D eigenvalue weighted by molar-refractivity contribution is 7.86. The molecule has 1 unspecified atom stereocenters. The van der Waals surface area contributed by atoms with Crippen LogP contribution in [0.2, 0.25) is 0 Å². The van der Waals surface area contributed by atoms with Gasteiger partial charge < -0.3 is 9.47 Å². The molecule has 232 valence electrons. The number of allylic oxidation sites excluding steroid dienone is 1. The Balaban J connectivity index is 1.63. The van der Waals surface area contributed by atoms with Crippen LogP contribution in [0.1, 0.15) is 36.3 Å². The van der Waals surface area contributed by atoms with Crippen molar-refractivity contribution in [3.8, 4) is 5.69 Å². The van der Waals surface area contributed by atoms with E-state index >= 15 is 0 Å². The van der Waals surface area contributed by atoms with E-state index in [4.69, 9.17) is 9.47 Å². The Bertz CT molecular complexity index is 1860. The summed E-state index contributed by atoms with van der Waals surface area (Å²) in [5, 5.41) is 9.30. The molecule has 1 aliphatic rings. The summed E-state index contributed by atoms with van der Waals surface area (Å²) < 4.78 is 75.4. The summed E-state index contributed by atoms with van der Waals surface area (Å²) in [5.74, 6) is -3.28. The van der Waals surface area contributed by atoms with E-state index in [2.05, 4.69) is 10.2 Å². The predicted molar refractivity (Wildman–Crippen MR) is 154 cm³/mol. The summed E-state index contributed by atoms with van der Waals surface area (Å²) in [6.07, 6.45) is 4.41. The van der Waals surface area contributed by atoms with E-state index in [1.807, 2.05) is 0 Å². The van der Waals surface area contributed by atoms with E-state index in [0.717, 1.165) is 29.3 Å². The number of carbonyl (C=O) groups excluding carboxylic acids is 3. The molecule has 1 amide bonds. The molecule has 2 aromatic carbocycles. The van der Waals surface area contributed by atoms with Crippen LogP contribution in [0.15, 0.2) is 75.7 Å². The summed E-state index contributed by atoms with van der Waals surface area (Å²) in [6.45, 7) is 3.28. The Morgan fingerprint density at radius 1 is 0.864 bits per heavy atom. The third-order valence-electron chi connectivity index (χ3n) is 6.19. The summed E-state index contributed by atoms with van der Waals surface area (Å²) >= 11 is 0. The Kier molecular flexibility index (Phi) is 9.43. The molecule has 3 aromatic rings. The SMILES string of the molecule is CCOC(=O)C1=NN(c2ccc(S(=O)(=O)O)cc2)C(=O)C1CC=Cc1cn(-c2ccc(S(=O)(=O)O)cc2)nc1C(=O)OCC. The number of benzene rings is 2. The molecule has 0 fully saturated rings. The van der Waals surface area contributed by atoms with Crippen LogP contribution in [-0.4, -0.2) is 72.5 Å². The van der Waals surface area contributed by atoms with Crippen molar-refractivity contribution < 1.29 is 49.8 Å². The van der Waals surface area contributed by atoms with E-state index in [9.17, 15) is 40.3 Å². The van der Waals surface area contributed by atoms with Gasteiger partial charge in [-0.1, -0.05) is 12.2 Å². The van der Waals surface area contributed by atoms with E-state index in [1.54, 1.807) is 13.8 Å². The lowest BCUT2D eigenvalue weighted by Gasteiger charge is -2.13. The van der Waals surface area contributed by atoms with Gasteiger partial charge in [0.2, 0.25) is 0 Å². The maximum absolute atomic E-state index is 13.3. The number of aromatic nitrogens is 2. The van der Waals surface area contributed by atoms with Crippen LogP contribution in [-0.2, 0) is 39.3 Å². The summed E-state index contributed by atoms with van der Waals surface area (Å²) in [5.41, 5.74) is 0.502. The maximum atomic E-state index is 13.3. The lowest BCUT2D eigenvalue weighted by atomic mass is 9.98. The van der Waals surface area contributed by atoms with Crippen molar-refractivity contribution in [3.63, 3.8) is 0 Å². The second-order valence-corrected chi connectivity index (χ2v) is 11.9. The van der Waals surface area contributed by atoms with Crippen LogP contribution in [0.25, 0.3) is 11.8 Å². The van der Waals surface area contributed by atoms with E-state index in [1.165, 1.54) is 47.3 Å². The minimum absolute atomic E-state index is 0.0188. The molecule has 2 N–H and O–H groups in total. The third-order valence-corrected chi connectivity index (χ3v) is 7.92. The summed E-state index contributed by atoms with van der Waals surface area (Å²) in [6, 6.07) is 9.71. The molecule has 1 aliphatic heterocycles. The quantitative estimate of drug-likeness (QED) is 0.227. The fourth-order valence-electron chi connectivity index (χ4n) is 4.14. The fourth-order valence-corrected chi connectivity index (χ4v) is 5.10. The number of amides is 1. The van der Waals surface area contributed by atoms with Crippen molar-refractivity contribution in [1.29, 1.82) is 0 Å². The van der Waals surface area contributed by atoms with Crippen LogP contribution in [0, 0.1) is 5.92 Å². The smallest absolute Gasteiger partial charge is 0.359 e. The van der Waals surface area contributed by atoms with E-state index in [-0.39, 0.29) is 47.2 Å². The molecule has 1 aromatic heterocycles. The monoisotopic (exact) mass is 646 g/mol. The van der Waals surface area contributed by atoms with Gasteiger partial charge in [0, 0.05) is 11.8 Å². The van der Waals surface area contributed by atoms with Gasteiger partial charge in [-0.2, -0.15) is 32.0 Å². The molecule has 0 saturated heterocycles. The van der Waals surface area contributed by atoms with Crippen LogP contribution < -0.4 is 5.01 Å². The van der Waals surface area contributed by atoms with Gasteiger partial charge in [0.05, 0.1) is 40.3 Å². The third kappa shape index (κ3) is 7.08. The normalized spacial score (nSPS) is 15.5. The van der Waals surface area contributed by atoms with Crippen LogP contribution in [0.3, 0.4) is 0 Å². The molecule has 17 heteroatoms. The Morgan fingerprint density at radius 2 is 1.39 bits per heavy atom. The van der Waals surface area contributed by atoms with E-state index < -0.39 is 48.9 Å². The topological polar surface area (TPSA) is 212 Å². The van der Waals surface area contributed by atoms with Crippen molar-refractivity contribution in [2.45, 2.75) is 30.1 Å². The van der Waals surface area contributed by atoms with Crippen LogP contribution >= 0.6 is 0 Å². The largest absolute Gasteiger partial charge is 0.461 e. The first-order valence-electron chi connectivity index (χ1n) is 12.9. The molecule has 4 rings (SSSR count). The fraction of sp³-hybridized carbons (Fsp3) is 0.222. The zero-order chi connectivity index (χ0) is 32.2. The Labute approximate surface area is 251 Å². The van der Waals surface area contributed by atoms with Crippen molar-refractivity contribution >= 4 is 55.6 Å².